The van der Waals surface area contributed by atoms with E-state index in [2.05, 4.69) is 47.6 Å². The van der Waals surface area contributed by atoms with E-state index in [0.717, 1.165) is 18.5 Å². The molecule has 1 aliphatic carbocycles. The van der Waals surface area contributed by atoms with Crippen LogP contribution in [0.3, 0.4) is 0 Å². The maximum Gasteiger partial charge on any atom is 0.247 e. The summed E-state index contributed by atoms with van der Waals surface area (Å²) in [4.78, 5) is 0. The molecule has 2 aromatic rings. The molecule has 0 saturated heterocycles. The van der Waals surface area contributed by atoms with E-state index in [9.17, 15) is 0 Å². The monoisotopic (exact) mass is 271 g/mol. The summed E-state index contributed by atoms with van der Waals surface area (Å²) in [5.41, 5.74) is 3.93. The van der Waals surface area contributed by atoms with Crippen molar-refractivity contribution < 1.29 is 4.42 Å². The lowest BCUT2D eigenvalue weighted by molar-refractivity contribution is 0.402. The van der Waals surface area contributed by atoms with Gasteiger partial charge in [0.2, 0.25) is 11.8 Å². The number of hydrogen-bond acceptors (Lipinski definition) is 4. The Kier molecular flexibility index (Phi) is 3.83. The van der Waals surface area contributed by atoms with Crippen molar-refractivity contribution in [1.82, 2.24) is 15.5 Å². The van der Waals surface area contributed by atoms with Gasteiger partial charge in [-0.2, -0.15) is 0 Å². The number of rotatable bonds is 5. The summed E-state index contributed by atoms with van der Waals surface area (Å²) in [7, 11) is 0. The first-order chi connectivity index (χ1) is 9.81. The van der Waals surface area contributed by atoms with Gasteiger partial charge in [-0.1, -0.05) is 19.9 Å². The van der Waals surface area contributed by atoms with E-state index in [1.807, 2.05) is 0 Å². The number of nitrogens with zero attached hydrogens (tertiary/aromatic N) is 2. The van der Waals surface area contributed by atoms with Gasteiger partial charge in [0.1, 0.15) is 0 Å². The molecule has 0 saturated carbocycles. The van der Waals surface area contributed by atoms with Crippen LogP contribution in [0.5, 0.6) is 0 Å². The Hall–Kier alpha value is -1.68. The molecule has 106 valence electrons. The van der Waals surface area contributed by atoms with E-state index in [4.69, 9.17) is 4.42 Å². The smallest absolute Gasteiger partial charge is 0.247 e. The van der Waals surface area contributed by atoms with E-state index in [-0.39, 0.29) is 6.04 Å². The predicted molar refractivity (Wildman–Crippen MR) is 78.5 cm³/mol. The van der Waals surface area contributed by atoms with Crippen LogP contribution in [0.4, 0.5) is 0 Å². The largest absolute Gasteiger partial charge is 0.419 e. The standard InChI is InChI=1S/C16H21N3O/c1-3-14(17-4-2)16-19-18-15(20-16)13-9-8-11-6-5-7-12(11)10-13/h8-10,14,17H,3-7H2,1-2H3. The number of nitrogens with one attached hydrogen (secondary N) is 1. The molecule has 0 spiro atoms. The van der Waals surface area contributed by atoms with Gasteiger partial charge in [-0.25, -0.2) is 0 Å². The fraction of sp³-hybridized carbons (Fsp3) is 0.500. The Morgan fingerprint density at radius 3 is 2.85 bits per heavy atom. The zero-order valence-electron chi connectivity index (χ0n) is 12.1. The Bertz CT molecular complexity index is 591. The van der Waals surface area contributed by atoms with Gasteiger partial charge in [-0.3, -0.25) is 0 Å². The van der Waals surface area contributed by atoms with Crippen LogP contribution in [-0.2, 0) is 12.8 Å². The first kappa shape index (κ1) is 13.3. The summed E-state index contributed by atoms with van der Waals surface area (Å²) >= 11 is 0. The fourth-order valence-electron chi connectivity index (χ4n) is 2.85. The SMILES string of the molecule is CCNC(CC)c1nnc(-c2ccc3c(c2)CCC3)o1. The van der Waals surface area contributed by atoms with E-state index in [1.165, 1.54) is 30.4 Å². The van der Waals surface area contributed by atoms with Crippen LogP contribution in [-0.4, -0.2) is 16.7 Å². The summed E-state index contributed by atoms with van der Waals surface area (Å²) in [5.74, 6) is 1.32. The van der Waals surface area contributed by atoms with Gasteiger partial charge in [0.15, 0.2) is 0 Å². The second-order valence-electron chi connectivity index (χ2n) is 5.30. The first-order valence-corrected chi connectivity index (χ1v) is 7.50. The Labute approximate surface area is 119 Å². The van der Waals surface area contributed by atoms with Gasteiger partial charge in [0.25, 0.3) is 0 Å². The number of aromatic nitrogens is 2. The van der Waals surface area contributed by atoms with Crippen molar-refractivity contribution in [3.8, 4) is 11.5 Å². The minimum absolute atomic E-state index is 0.149. The third kappa shape index (κ3) is 2.48. The van der Waals surface area contributed by atoms with Crippen LogP contribution >= 0.6 is 0 Å². The summed E-state index contributed by atoms with van der Waals surface area (Å²) in [6, 6.07) is 6.64. The number of aryl methyl sites for hydroxylation is 2. The summed E-state index contributed by atoms with van der Waals surface area (Å²) in [6.07, 6.45) is 4.56. The molecule has 1 atom stereocenters. The normalized spacial score (nSPS) is 15.3. The molecule has 1 unspecified atom stereocenters. The van der Waals surface area contributed by atoms with Crippen molar-refractivity contribution in [2.75, 3.05) is 6.54 Å². The zero-order chi connectivity index (χ0) is 13.9. The Morgan fingerprint density at radius 2 is 2.05 bits per heavy atom. The van der Waals surface area contributed by atoms with Crippen LogP contribution in [0.25, 0.3) is 11.5 Å². The second kappa shape index (κ2) is 5.75. The summed E-state index contributed by atoms with van der Waals surface area (Å²) < 4.78 is 5.85. The summed E-state index contributed by atoms with van der Waals surface area (Å²) in [6.45, 7) is 5.10. The third-order valence-electron chi connectivity index (χ3n) is 3.94. The topological polar surface area (TPSA) is 51.0 Å². The van der Waals surface area contributed by atoms with E-state index in [1.54, 1.807) is 0 Å². The Balaban J connectivity index is 1.86. The molecule has 20 heavy (non-hydrogen) atoms. The molecule has 1 aromatic heterocycles. The minimum atomic E-state index is 0.149. The van der Waals surface area contributed by atoms with Crippen LogP contribution < -0.4 is 5.32 Å². The maximum absolute atomic E-state index is 5.85. The predicted octanol–water partition coefficient (Wildman–Crippen LogP) is 3.29. The zero-order valence-corrected chi connectivity index (χ0v) is 12.1. The molecule has 4 heteroatoms. The molecule has 0 bridgehead atoms. The lowest BCUT2D eigenvalue weighted by Crippen LogP contribution is -2.20. The molecule has 0 aliphatic heterocycles. The molecule has 0 fully saturated rings. The lowest BCUT2D eigenvalue weighted by Gasteiger charge is -2.10. The van der Waals surface area contributed by atoms with Crippen molar-refractivity contribution in [2.45, 2.75) is 45.6 Å². The highest BCUT2D eigenvalue weighted by molar-refractivity contribution is 5.56. The number of benzene rings is 1. The highest BCUT2D eigenvalue weighted by Crippen LogP contribution is 2.28. The molecule has 4 nitrogen and oxygen atoms in total. The quantitative estimate of drug-likeness (QED) is 0.906. The van der Waals surface area contributed by atoms with Crippen molar-refractivity contribution >= 4 is 0 Å². The summed E-state index contributed by atoms with van der Waals surface area (Å²) in [5, 5.41) is 11.8. The van der Waals surface area contributed by atoms with Gasteiger partial charge in [-0.15, -0.1) is 10.2 Å². The van der Waals surface area contributed by atoms with Gasteiger partial charge in [0.05, 0.1) is 6.04 Å². The highest BCUT2D eigenvalue weighted by atomic mass is 16.4. The van der Waals surface area contributed by atoms with Gasteiger partial charge in [-0.05, 0) is 55.5 Å². The molecule has 1 N–H and O–H groups in total. The van der Waals surface area contributed by atoms with E-state index >= 15 is 0 Å². The molecular formula is C16H21N3O. The average molecular weight is 271 g/mol. The molecule has 3 rings (SSSR count). The fourth-order valence-corrected chi connectivity index (χ4v) is 2.85. The molecule has 1 aliphatic rings. The van der Waals surface area contributed by atoms with Gasteiger partial charge in [0, 0.05) is 5.56 Å². The number of fused-ring (bicyclic) bond motifs is 1. The lowest BCUT2D eigenvalue weighted by atomic mass is 10.1. The van der Waals surface area contributed by atoms with Crippen LogP contribution in [0.1, 0.15) is 49.7 Å². The second-order valence-corrected chi connectivity index (χ2v) is 5.30. The third-order valence-corrected chi connectivity index (χ3v) is 3.94. The van der Waals surface area contributed by atoms with Crippen LogP contribution in [0.15, 0.2) is 22.6 Å². The molecular weight excluding hydrogens is 250 g/mol. The Morgan fingerprint density at radius 1 is 1.20 bits per heavy atom. The van der Waals surface area contributed by atoms with E-state index in [0.29, 0.717) is 11.8 Å². The van der Waals surface area contributed by atoms with Crippen LogP contribution in [0.2, 0.25) is 0 Å². The van der Waals surface area contributed by atoms with Crippen molar-refractivity contribution in [2.24, 2.45) is 0 Å². The van der Waals surface area contributed by atoms with Crippen LogP contribution in [0, 0.1) is 0 Å². The molecule has 0 radical (unpaired) electrons. The van der Waals surface area contributed by atoms with Gasteiger partial charge < -0.3 is 9.73 Å². The first-order valence-electron chi connectivity index (χ1n) is 7.50. The van der Waals surface area contributed by atoms with Crippen molar-refractivity contribution in [3.63, 3.8) is 0 Å². The highest BCUT2D eigenvalue weighted by Gasteiger charge is 2.18. The molecule has 1 aromatic carbocycles. The van der Waals surface area contributed by atoms with E-state index < -0.39 is 0 Å². The average Bonchev–Trinajstić information content (AvgIpc) is 3.12. The number of hydrogen-bond donors (Lipinski definition) is 1. The van der Waals surface area contributed by atoms with Crippen molar-refractivity contribution in [1.29, 1.82) is 0 Å². The maximum atomic E-state index is 5.85. The van der Waals surface area contributed by atoms with Gasteiger partial charge >= 0.3 is 0 Å². The van der Waals surface area contributed by atoms with Crippen molar-refractivity contribution in [3.05, 3.63) is 35.2 Å². The molecule has 0 amide bonds. The molecule has 1 heterocycles. The minimum Gasteiger partial charge on any atom is -0.419 e.